The molecular formula is C10H11BrN2O. The average molecular weight is 255 g/mol. The van der Waals surface area contributed by atoms with Crippen LogP contribution in [0.25, 0.3) is 0 Å². The number of halogens is 1. The van der Waals surface area contributed by atoms with E-state index in [4.69, 9.17) is 0 Å². The van der Waals surface area contributed by atoms with Gasteiger partial charge in [0, 0.05) is 4.47 Å². The van der Waals surface area contributed by atoms with E-state index in [1.807, 2.05) is 25.1 Å². The fourth-order valence-corrected chi connectivity index (χ4v) is 1.99. The van der Waals surface area contributed by atoms with E-state index in [0.29, 0.717) is 0 Å². The van der Waals surface area contributed by atoms with Gasteiger partial charge in [0.15, 0.2) is 0 Å². The van der Waals surface area contributed by atoms with E-state index in [1.54, 1.807) is 0 Å². The lowest BCUT2D eigenvalue weighted by Gasteiger charge is -2.26. The lowest BCUT2D eigenvalue weighted by molar-refractivity contribution is -0.117. The SMILES string of the molecule is CCC1Nc2cccc(Br)c2NC1=O. The topological polar surface area (TPSA) is 41.1 Å². The van der Waals surface area contributed by atoms with Crippen LogP contribution in [0, 0.1) is 0 Å². The molecule has 0 aliphatic carbocycles. The van der Waals surface area contributed by atoms with E-state index in [2.05, 4.69) is 26.6 Å². The minimum absolute atomic E-state index is 0.0342. The fourth-order valence-electron chi connectivity index (χ4n) is 1.52. The third-order valence-electron chi connectivity index (χ3n) is 2.32. The van der Waals surface area contributed by atoms with Crippen molar-refractivity contribution in [2.75, 3.05) is 10.6 Å². The molecule has 0 saturated heterocycles. The van der Waals surface area contributed by atoms with Crippen molar-refractivity contribution in [3.8, 4) is 0 Å². The van der Waals surface area contributed by atoms with Crippen LogP contribution < -0.4 is 10.6 Å². The van der Waals surface area contributed by atoms with Crippen molar-refractivity contribution in [2.45, 2.75) is 19.4 Å². The summed E-state index contributed by atoms with van der Waals surface area (Å²) in [5.41, 5.74) is 1.81. The van der Waals surface area contributed by atoms with Gasteiger partial charge in [-0.15, -0.1) is 0 Å². The first-order valence-electron chi connectivity index (χ1n) is 4.58. The van der Waals surface area contributed by atoms with Crippen LogP contribution in [-0.2, 0) is 4.79 Å². The number of benzene rings is 1. The number of anilines is 2. The zero-order valence-electron chi connectivity index (χ0n) is 7.80. The summed E-state index contributed by atoms with van der Waals surface area (Å²) in [6.07, 6.45) is 0.789. The van der Waals surface area contributed by atoms with E-state index < -0.39 is 0 Å². The van der Waals surface area contributed by atoms with Gasteiger partial charge in [0.25, 0.3) is 0 Å². The largest absolute Gasteiger partial charge is 0.372 e. The molecule has 4 heteroatoms. The molecule has 2 N–H and O–H groups in total. The normalized spacial score (nSPS) is 19.6. The van der Waals surface area contributed by atoms with E-state index in [9.17, 15) is 4.79 Å². The molecule has 1 amide bonds. The van der Waals surface area contributed by atoms with Crippen molar-refractivity contribution in [3.05, 3.63) is 22.7 Å². The number of hydrogen-bond donors (Lipinski definition) is 2. The van der Waals surface area contributed by atoms with E-state index in [-0.39, 0.29) is 11.9 Å². The summed E-state index contributed by atoms with van der Waals surface area (Å²) in [7, 11) is 0. The molecule has 0 fully saturated rings. The van der Waals surface area contributed by atoms with Crippen LogP contribution in [0.3, 0.4) is 0 Å². The van der Waals surface area contributed by atoms with Crippen molar-refractivity contribution in [1.29, 1.82) is 0 Å². The molecule has 1 aromatic carbocycles. The molecule has 0 aromatic heterocycles. The predicted octanol–water partition coefficient (Wildman–Crippen LogP) is 2.59. The smallest absolute Gasteiger partial charge is 0.246 e. The highest BCUT2D eigenvalue weighted by atomic mass is 79.9. The van der Waals surface area contributed by atoms with Crippen LogP contribution in [-0.4, -0.2) is 11.9 Å². The second-order valence-electron chi connectivity index (χ2n) is 3.26. The van der Waals surface area contributed by atoms with E-state index in [0.717, 1.165) is 22.3 Å². The van der Waals surface area contributed by atoms with Gasteiger partial charge in [-0.25, -0.2) is 0 Å². The summed E-state index contributed by atoms with van der Waals surface area (Å²) in [6, 6.07) is 5.70. The minimum atomic E-state index is -0.114. The van der Waals surface area contributed by atoms with Crippen molar-refractivity contribution >= 4 is 33.2 Å². The van der Waals surface area contributed by atoms with Gasteiger partial charge < -0.3 is 10.6 Å². The number of amides is 1. The van der Waals surface area contributed by atoms with Crippen LogP contribution in [0.5, 0.6) is 0 Å². The lowest BCUT2D eigenvalue weighted by atomic mass is 10.1. The van der Waals surface area contributed by atoms with Crippen LogP contribution in [0.15, 0.2) is 22.7 Å². The van der Waals surface area contributed by atoms with Gasteiger partial charge in [0.05, 0.1) is 11.4 Å². The van der Waals surface area contributed by atoms with E-state index in [1.165, 1.54) is 0 Å². The Hall–Kier alpha value is -1.03. The molecule has 3 nitrogen and oxygen atoms in total. The number of para-hydroxylation sites is 1. The molecule has 0 saturated carbocycles. The van der Waals surface area contributed by atoms with Gasteiger partial charge in [-0.2, -0.15) is 0 Å². The second-order valence-corrected chi connectivity index (χ2v) is 4.11. The number of carbonyl (C=O) groups excluding carboxylic acids is 1. The Bertz CT molecular complexity index is 378. The Morgan fingerprint density at radius 2 is 2.29 bits per heavy atom. The van der Waals surface area contributed by atoms with Gasteiger partial charge in [0.2, 0.25) is 5.91 Å². The zero-order valence-corrected chi connectivity index (χ0v) is 9.39. The Kier molecular flexibility index (Phi) is 2.46. The molecule has 14 heavy (non-hydrogen) atoms. The van der Waals surface area contributed by atoms with Gasteiger partial charge in [-0.05, 0) is 34.5 Å². The van der Waals surface area contributed by atoms with Gasteiger partial charge in [-0.3, -0.25) is 4.79 Å². The quantitative estimate of drug-likeness (QED) is 0.809. The summed E-state index contributed by atoms with van der Waals surface area (Å²) in [4.78, 5) is 11.5. The monoisotopic (exact) mass is 254 g/mol. The molecular weight excluding hydrogens is 244 g/mol. The molecule has 1 atom stereocenters. The summed E-state index contributed by atoms with van der Waals surface area (Å²) in [6.45, 7) is 1.99. The molecule has 2 rings (SSSR count). The highest BCUT2D eigenvalue weighted by molar-refractivity contribution is 9.10. The molecule has 1 aromatic rings. The van der Waals surface area contributed by atoms with Crippen molar-refractivity contribution in [2.24, 2.45) is 0 Å². The van der Waals surface area contributed by atoms with Crippen molar-refractivity contribution < 1.29 is 4.79 Å². The molecule has 0 spiro atoms. The Labute approximate surface area is 91.0 Å². The van der Waals surface area contributed by atoms with Crippen LogP contribution in [0.4, 0.5) is 11.4 Å². The van der Waals surface area contributed by atoms with Crippen molar-refractivity contribution in [3.63, 3.8) is 0 Å². The maximum absolute atomic E-state index is 11.5. The van der Waals surface area contributed by atoms with Crippen molar-refractivity contribution in [1.82, 2.24) is 0 Å². The van der Waals surface area contributed by atoms with Gasteiger partial charge in [-0.1, -0.05) is 13.0 Å². The molecule has 1 heterocycles. The standard InChI is InChI=1S/C10H11BrN2O/c1-2-7-10(14)13-9-6(11)4-3-5-8(9)12-7/h3-5,7,12H,2H2,1H3,(H,13,14). The summed E-state index contributed by atoms with van der Waals surface area (Å²) in [5, 5.41) is 6.08. The van der Waals surface area contributed by atoms with E-state index >= 15 is 0 Å². The highest BCUT2D eigenvalue weighted by Crippen LogP contribution is 2.33. The van der Waals surface area contributed by atoms with Gasteiger partial charge >= 0.3 is 0 Å². The summed E-state index contributed by atoms with van der Waals surface area (Å²) < 4.78 is 0.908. The number of hydrogen-bond acceptors (Lipinski definition) is 2. The Balaban J connectivity index is 2.40. The third-order valence-corrected chi connectivity index (χ3v) is 2.98. The zero-order chi connectivity index (χ0) is 10.1. The summed E-state index contributed by atoms with van der Waals surface area (Å²) >= 11 is 3.40. The molecule has 1 unspecified atom stereocenters. The second kappa shape index (κ2) is 3.61. The minimum Gasteiger partial charge on any atom is -0.372 e. The molecule has 0 bridgehead atoms. The first kappa shape index (κ1) is 9.52. The first-order chi connectivity index (χ1) is 6.72. The third kappa shape index (κ3) is 1.50. The molecule has 1 aliphatic heterocycles. The highest BCUT2D eigenvalue weighted by Gasteiger charge is 2.24. The lowest BCUT2D eigenvalue weighted by Crippen LogP contribution is -2.38. The molecule has 1 aliphatic rings. The number of rotatable bonds is 1. The van der Waals surface area contributed by atoms with Crippen LogP contribution in [0.2, 0.25) is 0 Å². The van der Waals surface area contributed by atoms with Gasteiger partial charge in [0.1, 0.15) is 6.04 Å². The summed E-state index contributed by atoms with van der Waals surface area (Å²) in [5.74, 6) is 0.0342. The maximum Gasteiger partial charge on any atom is 0.246 e. The predicted molar refractivity (Wildman–Crippen MR) is 60.5 cm³/mol. The molecule has 0 radical (unpaired) electrons. The average Bonchev–Trinajstić information content (AvgIpc) is 2.19. The fraction of sp³-hybridized carbons (Fsp3) is 0.300. The van der Waals surface area contributed by atoms with Crippen LogP contribution in [0.1, 0.15) is 13.3 Å². The molecule has 74 valence electrons. The number of nitrogens with one attached hydrogen (secondary N) is 2. The van der Waals surface area contributed by atoms with Crippen LogP contribution >= 0.6 is 15.9 Å². The Morgan fingerprint density at radius 1 is 1.50 bits per heavy atom. The first-order valence-corrected chi connectivity index (χ1v) is 5.37. The number of carbonyl (C=O) groups is 1. The maximum atomic E-state index is 11.5. The number of fused-ring (bicyclic) bond motifs is 1. The Morgan fingerprint density at radius 3 is 3.00 bits per heavy atom.